The van der Waals surface area contributed by atoms with Crippen molar-refractivity contribution in [1.29, 1.82) is 0 Å². The molecule has 2 fully saturated rings. The molecule has 0 radical (unpaired) electrons. The number of carbonyl (C=O) groups excluding carboxylic acids is 1. The summed E-state index contributed by atoms with van der Waals surface area (Å²) in [5.74, 6) is 1.23. The van der Waals surface area contributed by atoms with Gasteiger partial charge < -0.3 is 24.8 Å². The maximum Gasteiger partial charge on any atom is 0.407 e. The van der Waals surface area contributed by atoms with E-state index in [2.05, 4.69) is 15.5 Å². The number of pyridine rings is 1. The summed E-state index contributed by atoms with van der Waals surface area (Å²) in [6, 6.07) is 5.68. The highest BCUT2D eigenvalue weighted by atomic mass is 16.5. The highest BCUT2D eigenvalue weighted by Gasteiger charge is 2.30. The number of aromatic nitrogens is 4. The van der Waals surface area contributed by atoms with Crippen LogP contribution in [-0.4, -0.2) is 73.8 Å². The highest BCUT2D eigenvalue weighted by Crippen LogP contribution is 2.32. The molecule has 1 saturated heterocycles. The Labute approximate surface area is 183 Å². The SMILES string of the molecule is Cn1ncc(OC[C@H]2CN(C(=O)O)CCO2)c1-c1ccn2nc(NC(=O)C3CC3)cc2c1. The second-order valence-electron chi connectivity index (χ2n) is 8.09. The third-order valence-corrected chi connectivity index (χ3v) is 5.68. The monoisotopic (exact) mass is 440 g/mol. The number of amides is 2. The zero-order valence-electron chi connectivity index (χ0n) is 17.6. The molecule has 2 N–H and O–H groups in total. The number of nitrogens with one attached hydrogen (secondary N) is 1. The highest BCUT2D eigenvalue weighted by molar-refractivity contribution is 5.93. The Balaban J connectivity index is 1.32. The summed E-state index contributed by atoms with van der Waals surface area (Å²) in [4.78, 5) is 24.6. The number of rotatable bonds is 6. The lowest BCUT2D eigenvalue weighted by Crippen LogP contribution is -2.47. The molecule has 2 aliphatic rings. The maximum atomic E-state index is 12.0. The molecule has 1 aliphatic heterocycles. The molecule has 168 valence electrons. The van der Waals surface area contributed by atoms with E-state index in [9.17, 15) is 14.7 Å². The van der Waals surface area contributed by atoms with Gasteiger partial charge in [-0.15, -0.1) is 0 Å². The van der Waals surface area contributed by atoms with Crippen LogP contribution in [0.3, 0.4) is 0 Å². The molecule has 4 heterocycles. The fourth-order valence-electron chi connectivity index (χ4n) is 3.81. The van der Waals surface area contributed by atoms with Crippen LogP contribution in [-0.2, 0) is 16.6 Å². The van der Waals surface area contributed by atoms with Gasteiger partial charge in [-0.1, -0.05) is 0 Å². The lowest BCUT2D eigenvalue weighted by molar-refractivity contribution is -0.117. The number of anilines is 1. The van der Waals surface area contributed by atoms with E-state index in [0.29, 0.717) is 24.7 Å². The van der Waals surface area contributed by atoms with Crippen LogP contribution in [0.15, 0.2) is 30.6 Å². The maximum absolute atomic E-state index is 12.0. The van der Waals surface area contributed by atoms with Crippen molar-refractivity contribution in [2.45, 2.75) is 18.9 Å². The van der Waals surface area contributed by atoms with E-state index in [0.717, 1.165) is 29.6 Å². The zero-order chi connectivity index (χ0) is 22.2. The molecule has 1 saturated carbocycles. The van der Waals surface area contributed by atoms with Crippen molar-refractivity contribution >= 4 is 23.3 Å². The molecule has 1 aliphatic carbocycles. The predicted octanol–water partition coefficient (Wildman–Crippen LogP) is 1.84. The summed E-state index contributed by atoms with van der Waals surface area (Å²) < 4.78 is 15.0. The standard InChI is InChI=1S/C21H24N6O5/c1-25-19(17(10-22-25)32-12-16-11-26(21(29)30)6-7-31-16)14-4-5-27-15(8-14)9-18(24-27)23-20(28)13-2-3-13/h4-5,8-10,13,16H,2-3,6-7,11-12H2,1H3,(H,29,30)(H,23,24,28)/t16-/m1/s1. The topological polar surface area (TPSA) is 123 Å². The number of ether oxygens (including phenoxy) is 2. The molecular weight excluding hydrogens is 416 g/mol. The van der Waals surface area contributed by atoms with Crippen LogP contribution in [0.25, 0.3) is 16.8 Å². The summed E-state index contributed by atoms with van der Waals surface area (Å²) in [5, 5.41) is 20.8. The smallest absolute Gasteiger partial charge is 0.407 e. The van der Waals surface area contributed by atoms with Gasteiger partial charge in [0, 0.05) is 37.3 Å². The fraction of sp³-hybridized carbons (Fsp3) is 0.429. The Morgan fingerprint density at radius 3 is 2.97 bits per heavy atom. The Kier molecular flexibility index (Phi) is 5.17. The Morgan fingerprint density at radius 1 is 1.34 bits per heavy atom. The first-order valence-corrected chi connectivity index (χ1v) is 10.5. The Bertz CT molecular complexity index is 1170. The van der Waals surface area contributed by atoms with Crippen LogP contribution in [0.2, 0.25) is 0 Å². The number of aryl methyl sites for hydroxylation is 1. The number of morpholine rings is 1. The van der Waals surface area contributed by atoms with Gasteiger partial charge in [-0.05, 0) is 25.0 Å². The number of hydrogen-bond donors (Lipinski definition) is 2. The molecular formula is C21H24N6O5. The first-order valence-electron chi connectivity index (χ1n) is 10.5. The van der Waals surface area contributed by atoms with E-state index in [4.69, 9.17) is 9.47 Å². The van der Waals surface area contributed by atoms with Gasteiger partial charge in [0.2, 0.25) is 5.91 Å². The third-order valence-electron chi connectivity index (χ3n) is 5.68. The minimum atomic E-state index is -0.956. The van der Waals surface area contributed by atoms with Crippen LogP contribution in [0.4, 0.5) is 10.6 Å². The summed E-state index contributed by atoms with van der Waals surface area (Å²) in [7, 11) is 1.83. The van der Waals surface area contributed by atoms with Crippen molar-refractivity contribution in [3.8, 4) is 17.0 Å². The molecule has 1 atom stereocenters. The number of nitrogens with zero attached hydrogens (tertiary/aromatic N) is 5. The van der Waals surface area contributed by atoms with Crippen molar-refractivity contribution in [2.75, 3.05) is 31.6 Å². The van der Waals surface area contributed by atoms with E-state index in [1.54, 1.807) is 15.4 Å². The van der Waals surface area contributed by atoms with Crippen LogP contribution >= 0.6 is 0 Å². The van der Waals surface area contributed by atoms with Gasteiger partial charge in [-0.25, -0.2) is 9.31 Å². The van der Waals surface area contributed by atoms with E-state index in [-0.39, 0.29) is 31.1 Å². The number of carboxylic acid groups (broad SMARTS) is 1. The van der Waals surface area contributed by atoms with E-state index < -0.39 is 6.09 Å². The quantitative estimate of drug-likeness (QED) is 0.599. The summed E-state index contributed by atoms with van der Waals surface area (Å²) >= 11 is 0. The van der Waals surface area contributed by atoms with Crippen molar-refractivity contribution in [1.82, 2.24) is 24.3 Å². The molecule has 3 aromatic rings. The number of carbonyl (C=O) groups is 2. The average molecular weight is 440 g/mol. The van der Waals surface area contributed by atoms with Crippen LogP contribution < -0.4 is 10.1 Å². The lowest BCUT2D eigenvalue weighted by atomic mass is 10.1. The molecule has 11 nitrogen and oxygen atoms in total. The second-order valence-corrected chi connectivity index (χ2v) is 8.09. The first kappa shape index (κ1) is 20.3. The van der Waals surface area contributed by atoms with Crippen molar-refractivity contribution in [3.63, 3.8) is 0 Å². The van der Waals surface area contributed by atoms with Crippen LogP contribution in [0.5, 0.6) is 5.75 Å². The minimum absolute atomic E-state index is 0.0161. The molecule has 5 rings (SSSR count). The van der Waals surface area contributed by atoms with Gasteiger partial charge in [0.25, 0.3) is 0 Å². The summed E-state index contributed by atoms with van der Waals surface area (Å²) in [5.41, 5.74) is 2.49. The normalized spacial score (nSPS) is 18.7. The van der Waals surface area contributed by atoms with Gasteiger partial charge in [-0.2, -0.15) is 10.2 Å². The van der Waals surface area contributed by atoms with Gasteiger partial charge in [0.15, 0.2) is 11.6 Å². The van der Waals surface area contributed by atoms with Crippen molar-refractivity contribution in [2.24, 2.45) is 13.0 Å². The minimum Gasteiger partial charge on any atom is -0.487 e. The largest absolute Gasteiger partial charge is 0.487 e. The fourth-order valence-corrected chi connectivity index (χ4v) is 3.81. The molecule has 0 spiro atoms. The van der Waals surface area contributed by atoms with Crippen LogP contribution in [0.1, 0.15) is 12.8 Å². The Hall–Kier alpha value is -3.60. The zero-order valence-corrected chi connectivity index (χ0v) is 17.6. The number of hydrogen-bond acceptors (Lipinski definition) is 6. The molecule has 11 heteroatoms. The number of fused-ring (bicyclic) bond motifs is 1. The molecule has 0 aromatic carbocycles. The van der Waals surface area contributed by atoms with Crippen LogP contribution in [0, 0.1) is 5.92 Å². The predicted molar refractivity (Wildman–Crippen MR) is 114 cm³/mol. The van der Waals surface area contributed by atoms with E-state index >= 15 is 0 Å². The van der Waals surface area contributed by atoms with Gasteiger partial charge in [-0.3, -0.25) is 9.48 Å². The van der Waals surface area contributed by atoms with Crippen molar-refractivity contribution < 1.29 is 24.2 Å². The second kappa shape index (κ2) is 8.15. The van der Waals surface area contributed by atoms with Gasteiger partial charge >= 0.3 is 6.09 Å². The van der Waals surface area contributed by atoms with E-state index in [1.807, 2.05) is 31.4 Å². The van der Waals surface area contributed by atoms with E-state index in [1.165, 1.54) is 4.90 Å². The first-order chi connectivity index (χ1) is 15.5. The molecule has 32 heavy (non-hydrogen) atoms. The average Bonchev–Trinajstić information content (AvgIpc) is 3.46. The van der Waals surface area contributed by atoms with Crippen molar-refractivity contribution in [3.05, 3.63) is 30.6 Å². The molecule has 0 unspecified atom stereocenters. The van der Waals surface area contributed by atoms with Gasteiger partial charge in [0.05, 0.1) is 24.9 Å². The molecule has 2 amide bonds. The summed E-state index contributed by atoms with van der Waals surface area (Å²) in [6.07, 6.45) is 4.03. The third kappa shape index (κ3) is 4.11. The Morgan fingerprint density at radius 2 is 2.19 bits per heavy atom. The summed E-state index contributed by atoms with van der Waals surface area (Å²) in [6.45, 7) is 1.19. The lowest BCUT2D eigenvalue weighted by Gasteiger charge is -2.30. The van der Waals surface area contributed by atoms with Gasteiger partial charge in [0.1, 0.15) is 18.4 Å². The molecule has 3 aromatic heterocycles. The molecule has 0 bridgehead atoms.